The zero-order valence-corrected chi connectivity index (χ0v) is 17.3. The fourth-order valence-corrected chi connectivity index (χ4v) is 3.36. The molecular weight excluding hydrogens is 354 g/mol. The fraction of sp³-hybridized carbons (Fsp3) is 0.381. The molecule has 0 amide bonds. The molecule has 2 aromatic carbocycles. The molecule has 3 aromatic rings. The van der Waals surface area contributed by atoms with Crippen LogP contribution in [0.25, 0.3) is 5.69 Å². The lowest BCUT2D eigenvalue weighted by molar-refractivity contribution is 0.355. The molecule has 1 atom stereocenters. The SMILES string of the molecule is CC[C@@](C)(Nc1ccc(OC)c(OC)c1)c1nnnn1-c1c(C)cccc1C. The number of nitrogens with one attached hydrogen (secondary N) is 1. The van der Waals surface area contributed by atoms with Crippen molar-refractivity contribution in [3.63, 3.8) is 0 Å². The molecule has 0 spiro atoms. The van der Waals surface area contributed by atoms with Crippen LogP contribution in [0, 0.1) is 13.8 Å². The second-order valence-corrected chi connectivity index (χ2v) is 7.04. The van der Waals surface area contributed by atoms with Crippen molar-refractivity contribution in [3.05, 3.63) is 53.3 Å². The maximum Gasteiger partial charge on any atom is 0.181 e. The first-order valence-corrected chi connectivity index (χ1v) is 9.29. The van der Waals surface area contributed by atoms with E-state index in [2.05, 4.69) is 60.7 Å². The van der Waals surface area contributed by atoms with Crippen LogP contribution in [-0.2, 0) is 5.54 Å². The molecule has 0 fully saturated rings. The second-order valence-electron chi connectivity index (χ2n) is 7.04. The molecule has 7 heteroatoms. The number of benzene rings is 2. The summed E-state index contributed by atoms with van der Waals surface area (Å²) in [6.45, 7) is 8.34. The number of nitrogens with zero attached hydrogens (tertiary/aromatic N) is 4. The standard InChI is InChI=1S/C21H27N5O2/c1-7-21(4,22-16-11-12-17(27-5)18(13-16)28-6)20-23-24-25-26(20)19-14(2)9-8-10-15(19)3/h8-13,22H,7H2,1-6H3/t21-/m1/s1. The summed E-state index contributed by atoms with van der Waals surface area (Å²) in [5.41, 5.74) is 3.67. The Balaban J connectivity index is 2.04. The van der Waals surface area contributed by atoms with Crippen molar-refractivity contribution in [1.82, 2.24) is 20.2 Å². The maximum atomic E-state index is 5.43. The summed E-state index contributed by atoms with van der Waals surface area (Å²) in [4.78, 5) is 0. The van der Waals surface area contributed by atoms with Gasteiger partial charge in [-0.1, -0.05) is 25.1 Å². The quantitative estimate of drug-likeness (QED) is 0.666. The summed E-state index contributed by atoms with van der Waals surface area (Å²) in [6.07, 6.45) is 0.784. The van der Waals surface area contributed by atoms with Crippen LogP contribution >= 0.6 is 0 Å². The van der Waals surface area contributed by atoms with Crippen LogP contribution in [0.3, 0.4) is 0 Å². The Bertz CT molecular complexity index is 949. The smallest absolute Gasteiger partial charge is 0.181 e. The van der Waals surface area contributed by atoms with Gasteiger partial charge in [-0.2, -0.15) is 4.68 Å². The molecule has 3 rings (SSSR count). The van der Waals surface area contributed by atoms with E-state index in [-0.39, 0.29) is 0 Å². The third-order valence-electron chi connectivity index (χ3n) is 5.13. The first-order valence-electron chi connectivity index (χ1n) is 9.29. The first-order chi connectivity index (χ1) is 13.4. The molecule has 1 N–H and O–H groups in total. The molecular formula is C21H27N5O2. The Morgan fingerprint density at radius 2 is 1.71 bits per heavy atom. The third kappa shape index (κ3) is 3.52. The van der Waals surface area contributed by atoms with Gasteiger partial charge in [-0.05, 0) is 60.9 Å². The number of anilines is 1. The highest BCUT2D eigenvalue weighted by Crippen LogP contribution is 2.34. The van der Waals surface area contributed by atoms with E-state index >= 15 is 0 Å². The van der Waals surface area contributed by atoms with Gasteiger partial charge in [0.05, 0.1) is 25.4 Å². The van der Waals surface area contributed by atoms with Crippen molar-refractivity contribution < 1.29 is 9.47 Å². The zero-order valence-electron chi connectivity index (χ0n) is 17.3. The highest BCUT2D eigenvalue weighted by Gasteiger charge is 2.32. The molecule has 0 aliphatic carbocycles. The van der Waals surface area contributed by atoms with Gasteiger partial charge in [0.25, 0.3) is 0 Å². The van der Waals surface area contributed by atoms with Crippen LogP contribution in [0.2, 0.25) is 0 Å². The van der Waals surface area contributed by atoms with Gasteiger partial charge in [0, 0.05) is 11.8 Å². The van der Waals surface area contributed by atoms with Gasteiger partial charge in [0.1, 0.15) is 0 Å². The van der Waals surface area contributed by atoms with Crippen LogP contribution < -0.4 is 14.8 Å². The van der Waals surface area contributed by atoms with Crippen LogP contribution in [-0.4, -0.2) is 34.4 Å². The van der Waals surface area contributed by atoms with E-state index in [4.69, 9.17) is 9.47 Å². The van der Waals surface area contributed by atoms with E-state index in [1.54, 1.807) is 14.2 Å². The number of ether oxygens (including phenoxy) is 2. The number of hydrogen-bond acceptors (Lipinski definition) is 6. The van der Waals surface area contributed by atoms with E-state index in [1.807, 2.05) is 28.9 Å². The zero-order chi connectivity index (χ0) is 20.3. The fourth-order valence-electron chi connectivity index (χ4n) is 3.36. The summed E-state index contributed by atoms with van der Waals surface area (Å²) in [6, 6.07) is 11.9. The topological polar surface area (TPSA) is 74.1 Å². The van der Waals surface area contributed by atoms with E-state index in [9.17, 15) is 0 Å². The molecule has 1 heterocycles. The average molecular weight is 381 g/mol. The largest absolute Gasteiger partial charge is 0.493 e. The normalized spacial score (nSPS) is 13.1. The van der Waals surface area contributed by atoms with E-state index in [0.29, 0.717) is 11.5 Å². The molecule has 0 saturated carbocycles. The minimum absolute atomic E-state index is 0.488. The van der Waals surface area contributed by atoms with Gasteiger partial charge in [0.2, 0.25) is 0 Å². The van der Waals surface area contributed by atoms with Crippen molar-refractivity contribution in [2.24, 2.45) is 0 Å². The molecule has 28 heavy (non-hydrogen) atoms. The summed E-state index contributed by atoms with van der Waals surface area (Å²) in [5, 5.41) is 16.2. The molecule has 0 radical (unpaired) electrons. The Hall–Kier alpha value is -3.09. The molecule has 0 saturated heterocycles. The second kappa shape index (κ2) is 7.88. The van der Waals surface area contributed by atoms with Gasteiger partial charge in [-0.3, -0.25) is 0 Å². The minimum atomic E-state index is -0.488. The third-order valence-corrected chi connectivity index (χ3v) is 5.13. The summed E-state index contributed by atoms with van der Waals surface area (Å²) < 4.78 is 12.6. The molecule has 0 aliphatic heterocycles. The van der Waals surface area contributed by atoms with Gasteiger partial charge in [-0.15, -0.1) is 5.10 Å². The molecule has 1 aromatic heterocycles. The molecule has 0 aliphatic rings. The lowest BCUT2D eigenvalue weighted by atomic mass is 9.96. The maximum absolute atomic E-state index is 5.43. The number of hydrogen-bond donors (Lipinski definition) is 1. The van der Waals surface area contributed by atoms with Crippen LogP contribution in [0.5, 0.6) is 11.5 Å². The number of tetrazole rings is 1. The molecule has 148 valence electrons. The van der Waals surface area contributed by atoms with Crippen LogP contribution in [0.4, 0.5) is 5.69 Å². The summed E-state index contributed by atoms with van der Waals surface area (Å²) >= 11 is 0. The predicted octanol–water partition coefficient (Wildman–Crippen LogP) is 4.03. The Kier molecular flexibility index (Phi) is 5.53. The van der Waals surface area contributed by atoms with Gasteiger partial charge >= 0.3 is 0 Å². The van der Waals surface area contributed by atoms with Crippen molar-refractivity contribution in [1.29, 1.82) is 0 Å². The number of aromatic nitrogens is 4. The predicted molar refractivity (Wildman–Crippen MR) is 109 cm³/mol. The molecule has 0 unspecified atom stereocenters. The van der Waals surface area contributed by atoms with E-state index < -0.39 is 5.54 Å². The van der Waals surface area contributed by atoms with Gasteiger partial charge < -0.3 is 14.8 Å². The number of methoxy groups -OCH3 is 2. The van der Waals surface area contributed by atoms with Gasteiger partial charge in [0.15, 0.2) is 17.3 Å². The first kappa shape index (κ1) is 19.7. The monoisotopic (exact) mass is 381 g/mol. The number of aryl methyl sites for hydroxylation is 2. The number of rotatable bonds is 7. The lowest BCUT2D eigenvalue weighted by Gasteiger charge is -2.30. The van der Waals surface area contributed by atoms with Crippen LogP contribution in [0.1, 0.15) is 37.2 Å². The Morgan fingerprint density at radius 1 is 1.04 bits per heavy atom. The van der Waals surface area contributed by atoms with Crippen molar-refractivity contribution in [3.8, 4) is 17.2 Å². The van der Waals surface area contributed by atoms with Crippen molar-refractivity contribution in [2.75, 3.05) is 19.5 Å². The average Bonchev–Trinajstić information content (AvgIpc) is 3.17. The minimum Gasteiger partial charge on any atom is -0.493 e. The Morgan fingerprint density at radius 3 is 2.32 bits per heavy atom. The summed E-state index contributed by atoms with van der Waals surface area (Å²) in [5.74, 6) is 2.11. The van der Waals surface area contributed by atoms with Crippen LogP contribution in [0.15, 0.2) is 36.4 Å². The highest BCUT2D eigenvalue weighted by atomic mass is 16.5. The van der Waals surface area contributed by atoms with Crippen molar-refractivity contribution >= 4 is 5.69 Å². The van der Waals surface area contributed by atoms with Gasteiger partial charge in [-0.25, -0.2) is 0 Å². The summed E-state index contributed by atoms with van der Waals surface area (Å²) in [7, 11) is 3.25. The molecule has 0 bridgehead atoms. The Labute approximate surface area is 165 Å². The van der Waals surface area contributed by atoms with E-state index in [1.165, 1.54) is 0 Å². The van der Waals surface area contributed by atoms with E-state index in [0.717, 1.165) is 34.7 Å². The lowest BCUT2D eigenvalue weighted by Crippen LogP contribution is -2.34. The van der Waals surface area contributed by atoms with Crippen molar-refractivity contribution in [2.45, 2.75) is 39.7 Å². The molecule has 7 nitrogen and oxygen atoms in total. The number of para-hydroxylation sites is 1. The highest BCUT2D eigenvalue weighted by molar-refractivity contribution is 5.56.